The number of primary amides is 1. The Morgan fingerprint density at radius 1 is 1.46 bits per heavy atom. The molecule has 0 saturated carbocycles. The van der Waals surface area contributed by atoms with Gasteiger partial charge in [-0.2, -0.15) is 5.10 Å². The molecule has 0 radical (unpaired) electrons. The van der Waals surface area contributed by atoms with Gasteiger partial charge in [0, 0.05) is 32.3 Å². The van der Waals surface area contributed by atoms with Crippen LogP contribution in [-0.4, -0.2) is 54.5 Å². The van der Waals surface area contributed by atoms with Crippen LogP contribution in [0.1, 0.15) is 24.6 Å². The Labute approximate surface area is 138 Å². The molecule has 0 aliphatic carbocycles. The lowest BCUT2D eigenvalue weighted by atomic mass is 9.97. The number of nitrogens with two attached hydrogens (primary N) is 1. The predicted molar refractivity (Wildman–Crippen MR) is 85.0 cm³/mol. The Morgan fingerprint density at radius 3 is 3.00 bits per heavy atom. The third kappa shape index (κ3) is 3.53. The molecule has 3 heterocycles. The molecule has 3 N–H and O–H groups in total. The fourth-order valence-electron chi connectivity index (χ4n) is 2.91. The maximum atomic E-state index is 12.4. The number of carbonyl (C=O) groups is 2. The highest BCUT2D eigenvalue weighted by molar-refractivity contribution is 5.89. The standard InChI is InChI=1S/C14H20N8O2/c1-20-9-16-19-13(20)10-3-2-4-21(6-10)14(24)18-11-5-17-22(7-11)8-12(15)23/h5,7,9-10H,2-4,6,8H2,1H3,(H2,15,23)(H,18,24). The van der Waals surface area contributed by atoms with Crippen LogP contribution in [0.3, 0.4) is 0 Å². The highest BCUT2D eigenvalue weighted by Crippen LogP contribution is 2.25. The minimum Gasteiger partial charge on any atom is -0.368 e. The van der Waals surface area contributed by atoms with E-state index < -0.39 is 5.91 Å². The molecule has 1 saturated heterocycles. The predicted octanol–water partition coefficient (Wildman–Crippen LogP) is -0.0916. The van der Waals surface area contributed by atoms with Crippen LogP contribution in [0.5, 0.6) is 0 Å². The van der Waals surface area contributed by atoms with Gasteiger partial charge in [0.15, 0.2) is 0 Å². The third-order valence-corrected chi connectivity index (χ3v) is 4.02. The molecule has 128 valence electrons. The van der Waals surface area contributed by atoms with Crippen LogP contribution in [0, 0.1) is 0 Å². The number of rotatable bonds is 4. The molecule has 0 spiro atoms. The van der Waals surface area contributed by atoms with Crippen molar-refractivity contribution >= 4 is 17.6 Å². The minimum atomic E-state index is -0.487. The van der Waals surface area contributed by atoms with E-state index in [1.54, 1.807) is 17.4 Å². The Bertz CT molecular complexity index is 737. The first-order valence-corrected chi connectivity index (χ1v) is 7.73. The summed E-state index contributed by atoms with van der Waals surface area (Å²) in [6.45, 7) is 1.26. The lowest BCUT2D eigenvalue weighted by molar-refractivity contribution is -0.118. The number of amides is 3. The summed E-state index contributed by atoms with van der Waals surface area (Å²) in [5.41, 5.74) is 5.65. The summed E-state index contributed by atoms with van der Waals surface area (Å²) >= 11 is 0. The van der Waals surface area contributed by atoms with Crippen molar-refractivity contribution in [1.29, 1.82) is 0 Å². The van der Waals surface area contributed by atoms with E-state index in [-0.39, 0.29) is 18.5 Å². The first kappa shape index (κ1) is 16.0. The molecule has 2 aromatic rings. The van der Waals surface area contributed by atoms with Crippen LogP contribution in [-0.2, 0) is 18.4 Å². The lowest BCUT2D eigenvalue weighted by Crippen LogP contribution is -2.42. The van der Waals surface area contributed by atoms with Gasteiger partial charge in [-0.15, -0.1) is 10.2 Å². The molecule has 1 aliphatic rings. The molecule has 2 aromatic heterocycles. The van der Waals surface area contributed by atoms with E-state index in [0.717, 1.165) is 18.7 Å². The first-order valence-electron chi connectivity index (χ1n) is 7.73. The molecule has 3 amide bonds. The van der Waals surface area contributed by atoms with Crippen LogP contribution in [0.2, 0.25) is 0 Å². The monoisotopic (exact) mass is 332 g/mol. The summed E-state index contributed by atoms with van der Waals surface area (Å²) in [4.78, 5) is 25.1. The van der Waals surface area contributed by atoms with Gasteiger partial charge < -0.3 is 20.5 Å². The van der Waals surface area contributed by atoms with E-state index in [0.29, 0.717) is 18.8 Å². The fraction of sp³-hybridized carbons (Fsp3) is 0.500. The Balaban J connectivity index is 1.61. The zero-order valence-corrected chi connectivity index (χ0v) is 13.4. The Morgan fingerprint density at radius 2 is 2.29 bits per heavy atom. The number of aromatic nitrogens is 5. The zero-order chi connectivity index (χ0) is 17.1. The van der Waals surface area contributed by atoms with E-state index in [9.17, 15) is 9.59 Å². The average Bonchev–Trinajstić information content (AvgIpc) is 3.16. The number of anilines is 1. The maximum Gasteiger partial charge on any atom is 0.321 e. The van der Waals surface area contributed by atoms with Crippen molar-refractivity contribution in [2.75, 3.05) is 18.4 Å². The van der Waals surface area contributed by atoms with Gasteiger partial charge in [0.1, 0.15) is 18.7 Å². The Hall–Kier alpha value is -2.91. The van der Waals surface area contributed by atoms with Crippen molar-refractivity contribution in [1.82, 2.24) is 29.4 Å². The summed E-state index contributed by atoms with van der Waals surface area (Å²) in [6.07, 6.45) is 6.62. The van der Waals surface area contributed by atoms with Gasteiger partial charge in [-0.3, -0.25) is 9.48 Å². The van der Waals surface area contributed by atoms with Crippen LogP contribution in [0.4, 0.5) is 10.5 Å². The summed E-state index contributed by atoms with van der Waals surface area (Å²) in [7, 11) is 1.90. The summed E-state index contributed by atoms with van der Waals surface area (Å²) in [5, 5.41) is 14.8. The second-order valence-electron chi connectivity index (χ2n) is 5.91. The summed E-state index contributed by atoms with van der Waals surface area (Å²) in [6, 6.07) is -0.194. The lowest BCUT2D eigenvalue weighted by Gasteiger charge is -2.32. The van der Waals surface area contributed by atoms with Crippen molar-refractivity contribution in [3.8, 4) is 0 Å². The number of urea groups is 1. The number of likely N-dealkylation sites (tertiary alicyclic amines) is 1. The smallest absolute Gasteiger partial charge is 0.321 e. The molecule has 24 heavy (non-hydrogen) atoms. The maximum absolute atomic E-state index is 12.4. The topological polar surface area (TPSA) is 124 Å². The Kier molecular flexibility index (Phi) is 4.45. The number of carbonyl (C=O) groups excluding carboxylic acids is 2. The van der Waals surface area contributed by atoms with Crippen LogP contribution >= 0.6 is 0 Å². The van der Waals surface area contributed by atoms with E-state index in [2.05, 4.69) is 20.6 Å². The molecule has 10 nitrogen and oxygen atoms in total. The molecule has 0 bridgehead atoms. The molecule has 3 rings (SSSR count). The van der Waals surface area contributed by atoms with Crippen molar-refractivity contribution in [3.63, 3.8) is 0 Å². The fourth-order valence-corrected chi connectivity index (χ4v) is 2.91. The number of piperidine rings is 1. The van der Waals surface area contributed by atoms with Crippen LogP contribution < -0.4 is 11.1 Å². The van der Waals surface area contributed by atoms with Crippen molar-refractivity contribution in [2.45, 2.75) is 25.3 Å². The zero-order valence-electron chi connectivity index (χ0n) is 13.4. The normalized spacial score (nSPS) is 17.7. The van der Waals surface area contributed by atoms with Crippen LogP contribution in [0.25, 0.3) is 0 Å². The number of aryl methyl sites for hydroxylation is 1. The highest BCUT2D eigenvalue weighted by Gasteiger charge is 2.27. The van der Waals surface area contributed by atoms with Gasteiger partial charge in [-0.25, -0.2) is 4.79 Å². The second-order valence-corrected chi connectivity index (χ2v) is 5.91. The summed E-state index contributed by atoms with van der Waals surface area (Å²) < 4.78 is 3.27. The van der Waals surface area contributed by atoms with Gasteiger partial charge in [0.05, 0.1) is 11.9 Å². The molecule has 1 aliphatic heterocycles. The van der Waals surface area contributed by atoms with Gasteiger partial charge in [-0.1, -0.05) is 0 Å². The molecular formula is C14H20N8O2. The number of hydrogen-bond acceptors (Lipinski definition) is 5. The SMILES string of the molecule is Cn1cnnc1C1CCCN(C(=O)Nc2cnn(CC(N)=O)c2)C1. The van der Waals surface area contributed by atoms with Crippen molar-refractivity contribution in [2.24, 2.45) is 12.8 Å². The summed E-state index contributed by atoms with van der Waals surface area (Å²) in [5.74, 6) is 0.579. The van der Waals surface area contributed by atoms with Crippen LogP contribution in [0.15, 0.2) is 18.7 Å². The van der Waals surface area contributed by atoms with Gasteiger partial charge >= 0.3 is 6.03 Å². The molecule has 10 heteroatoms. The van der Waals surface area contributed by atoms with E-state index >= 15 is 0 Å². The van der Waals surface area contributed by atoms with E-state index in [1.807, 2.05) is 11.6 Å². The molecule has 1 atom stereocenters. The van der Waals surface area contributed by atoms with Crippen molar-refractivity contribution in [3.05, 3.63) is 24.5 Å². The quantitative estimate of drug-likeness (QED) is 0.809. The molecule has 1 fully saturated rings. The van der Waals surface area contributed by atoms with Gasteiger partial charge in [0.25, 0.3) is 0 Å². The molecule has 0 aromatic carbocycles. The largest absolute Gasteiger partial charge is 0.368 e. The van der Waals surface area contributed by atoms with E-state index in [4.69, 9.17) is 5.73 Å². The minimum absolute atomic E-state index is 0.0200. The number of nitrogens with one attached hydrogen (secondary N) is 1. The first-order chi connectivity index (χ1) is 11.5. The van der Waals surface area contributed by atoms with Gasteiger partial charge in [-0.05, 0) is 12.8 Å². The number of hydrogen-bond donors (Lipinski definition) is 2. The highest BCUT2D eigenvalue weighted by atomic mass is 16.2. The van der Waals surface area contributed by atoms with Crippen molar-refractivity contribution < 1.29 is 9.59 Å². The van der Waals surface area contributed by atoms with Gasteiger partial charge in [0.2, 0.25) is 5.91 Å². The van der Waals surface area contributed by atoms with E-state index in [1.165, 1.54) is 10.9 Å². The second kappa shape index (κ2) is 6.69. The molecular weight excluding hydrogens is 312 g/mol. The number of nitrogens with zero attached hydrogens (tertiary/aromatic N) is 6. The molecule has 1 unspecified atom stereocenters. The average molecular weight is 332 g/mol. The third-order valence-electron chi connectivity index (χ3n) is 4.02.